The first-order chi connectivity index (χ1) is 12.7. The Kier molecular flexibility index (Phi) is 3.98. The molecular formula is C20H18BrN3OS. The third kappa shape index (κ3) is 2.81. The molecule has 0 radical (unpaired) electrons. The van der Waals surface area contributed by atoms with E-state index in [0.717, 1.165) is 40.5 Å². The molecule has 3 aromatic rings. The number of hydrogen-bond acceptors (Lipinski definition) is 4. The van der Waals surface area contributed by atoms with Gasteiger partial charge in [0.1, 0.15) is 0 Å². The highest BCUT2D eigenvalue weighted by Crippen LogP contribution is 2.38. The molecule has 0 spiro atoms. The number of halogens is 1. The predicted octanol–water partition coefficient (Wildman–Crippen LogP) is 4.36. The van der Waals surface area contributed by atoms with Gasteiger partial charge in [-0.25, -0.2) is 4.98 Å². The first kappa shape index (κ1) is 16.3. The van der Waals surface area contributed by atoms with Crippen LogP contribution >= 0.6 is 27.3 Å². The summed E-state index contributed by atoms with van der Waals surface area (Å²) in [5.74, 6) is 0.929. The summed E-state index contributed by atoms with van der Waals surface area (Å²) in [6.45, 7) is 2.74. The van der Waals surface area contributed by atoms with Crippen molar-refractivity contribution in [2.24, 2.45) is 5.92 Å². The highest BCUT2D eigenvalue weighted by Gasteiger charge is 2.35. The van der Waals surface area contributed by atoms with E-state index < -0.39 is 0 Å². The molecule has 132 valence electrons. The van der Waals surface area contributed by atoms with Gasteiger partial charge in [-0.3, -0.25) is 4.79 Å². The first-order valence-electron chi connectivity index (χ1n) is 8.83. The second-order valence-corrected chi connectivity index (χ2v) is 8.88. The van der Waals surface area contributed by atoms with Crippen molar-refractivity contribution in [2.45, 2.75) is 18.9 Å². The lowest BCUT2D eigenvalue weighted by Crippen LogP contribution is -2.47. The Labute approximate surface area is 164 Å². The monoisotopic (exact) mass is 427 g/mol. The molecule has 0 aliphatic carbocycles. The number of nitrogens with zero attached hydrogens (tertiary/aromatic N) is 3. The zero-order chi connectivity index (χ0) is 17.7. The van der Waals surface area contributed by atoms with E-state index in [4.69, 9.17) is 4.98 Å². The summed E-state index contributed by atoms with van der Waals surface area (Å²) >= 11 is 5.19. The van der Waals surface area contributed by atoms with Gasteiger partial charge >= 0.3 is 0 Å². The van der Waals surface area contributed by atoms with Crippen molar-refractivity contribution in [3.05, 3.63) is 68.4 Å². The molecule has 4 nitrogen and oxygen atoms in total. The van der Waals surface area contributed by atoms with Crippen molar-refractivity contribution in [3.63, 3.8) is 0 Å². The van der Waals surface area contributed by atoms with Crippen LogP contribution in [0.3, 0.4) is 0 Å². The van der Waals surface area contributed by atoms with Gasteiger partial charge in [0.25, 0.3) is 5.56 Å². The molecule has 2 atom stereocenters. The van der Waals surface area contributed by atoms with Crippen LogP contribution in [-0.2, 0) is 6.54 Å². The minimum absolute atomic E-state index is 0.137. The highest BCUT2D eigenvalue weighted by molar-refractivity contribution is 9.10. The molecule has 1 fully saturated rings. The zero-order valence-corrected chi connectivity index (χ0v) is 16.5. The van der Waals surface area contributed by atoms with Gasteiger partial charge in [0.05, 0.1) is 5.69 Å². The van der Waals surface area contributed by atoms with E-state index in [-0.39, 0.29) is 5.56 Å². The fourth-order valence-electron chi connectivity index (χ4n) is 4.22. The molecule has 1 saturated heterocycles. The topological polar surface area (TPSA) is 38.1 Å². The van der Waals surface area contributed by atoms with Gasteiger partial charge < -0.3 is 9.47 Å². The smallest absolute Gasteiger partial charge is 0.250 e. The fraction of sp³-hybridized carbons (Fsp3) is 0.300. The van der Waals surface area contributed by atoms with Gasteiger partial charge in [-0.05, 0) is 30.5 Å². The lowest BCUT2D eigenvalue weighted by molar-refractivity contribution is 0.281. The predicted molar refractivity (Wildman–Crippen MR) is 109 cm³/mol. The molecule has 0 amide bonds. The van der Waals surface area contributed by atoms with Gasteiger partial charge in [0.2, 0.25) is 0 Å². The average Bonchev–Trinajstić information content (AvgIpc) is 3.13. The molecule has 2 aliphatic rings. The van der Waals surface area contributed by atoms with Crippen molar-refractivity contribution in [2.75, 3.05) is 18.0 Å². The van der Waals surface area contributed by atoms with Gasteiger partial charge in [-0.15, -0.1) is 11.3 Å². The minimum atomic E-state index is 0.137. The number of fused-ring (bicyclic) bond motifs is 4. The van der Waals surface area contributed by atoms with E-state index in [9.17, 15) is 4.79 Å². The quantitative estimate of drug-likeness (QED) is 0.609. The first-order valence-corrected chi connectivity index (χ1v) is 10.5. The van der Waals surface area contributed by atoms with Crippen molar-refractivity contribution in [3.8, 4) is 11.3 Å². The summed E-state index contributed by atoms with van der Waals surface area (Å²) in [4.78, 5) is 19.5. The van der Waals surface area contributed by atoms with Crippen molar-refractivity contribution in [1.82, 2.24) is 9.55 Å². The Bertz CT molecular complexity index is 1010. The SMILES string of the molecule is O=c1cccc2n1C[C@@H]1C[C@H]2CN(c2nc(-c3ccc(Br)cc3)cs2)C1. The normalized spacial score (nSPS) is 21.5. The molecule has 2 aliphatic heterocycles. The van der Waals surface area contributed by atoms with Crippen LogP contribution in [0.25, 0.3) is 11.3 Å². The summed E-state index contributed by atoms with van der Waals surface area (Å²) in [5.41, 5.74) is 3.50. The van der Waals surface area contributed by atoms with Gasteiger partial charge in [-0.2, -0.15) is 0 Å². The Morgan fingerprint density at radius 3 is 2.77 bits per heavy atom. The third-order valence-corrected chi connectivity index (χ3v) is 6.81. The van der Waals surface area contributed by atoms with Crippen LogP contribution in [0.15, 0.2) is 57.1 Å². The van der Waals surface area contributed by atoms with Gasteiger partial charge in [0, 0.05) is 52.7 Å². The van der Waals surface area contributed by atoms with E-state index in [1.165, 1.54) is 12.1 Å². The number of benzene rings is 1. The summed E-state index contributed by atoms with van der Waals surface area (Å²) in [6, 6.07) is 14.0. The number of pyridine rings is 1. The number of piperidine rings is 1. The number of hydrogen-bond donors (Lipinski definition) is 0. The number of thiazole rings is 1. The molecule has 0 N–H and O–H groups in total. The summed E-state index contributed by atoms with van der Waals surface area (Å²) in [6.07, 6.45) is 1.17. The Balaban J connectivity index is 1.43. The average molecular weight is 428 g/mol. The molecular weight excluding hydrogens is 410 g/mol. The van der Waals surface area contributed by atoms with Gasteiger partial charge in [0.15, 0.2) is 5.13 Å². The Morgan fingerprint density at radius 1 is 1.08 bits per heavy atom. The van der Waals surface area contributed by atoms with Crippen LogP contribution in [-0.4, -0.2) is 22.6 Å². The maximum Gasteiger partial charge on any atom is 0.250 e. The second kappa shape index (κ2) is 6.35. The minimum Gasteiger partial charge on any atom is -0.347 e. The Hall–Kier alpha value is -1.92. The van der Waals surface area contributed by atoms with E-state index in [1.54, 1.807) is 17.4 Å². The lowest BCUT2D eigenvalue weighted by atomic mass is 9.83. The molecule has 0 unspecified atom stereocenters. The number of rotatable bonds is 2. The molecule has 6 heteroatoms. The number of aromatic nitrogens is 2. The summed E-state index contributed by atoms with van der Waals surface area (Å²) in [7, 11) is 0. The molecule has 5 rings (SSSR count). The van der Waals surface area contributed by atoms with Crippen molar-refractivity contribution < 1.29 is 0 Å². The zero-order valence-electron chi connectivity index (χ0n) is 14.1. The second-order valence-electron chi connectivity index (χ2n) is 7.13. The molecule has 0 saturated carbocycles. The standard InChI is InChI=1S/C20H18BrN3OS/c21-16-6-4-14(5-7-16)17-12-26-20(22-17)23-9-13-8-15(11-23)18-2-1-3-19(25)24(18)10-13/h1-7,12-13,15H,8-11H2/t13-,15+/m1/s1. The molecule has 2 aromatic heterocycles. The van der Waals surface area contributed by atoms with Crippen LogP contribution in [0.4, 0.5) is 5.13 Å². The maximum atomic E-state index is 12.2. The maximum absolute atomic E-state index is 12.2. The third-order valence-electron chi connectivity index (χ3n) is 5.38. The molecule has 1 aromatic carbocycles. The van der Waals surface area contributed by atoms with Crippen molar-refractivity contribution >= 4 is 32.4 Å². The van der Waals surface area contributed by atoms with Crippen LogP contribution in [0, 0.1) is 5.92 Å². The van der Waals surface area contributed by atoms with Crippen molar-refractivity contribution in [1.29, 1.82) is 0 Å². The Morgan fingerprint density at radius 2 is 1.92 bits per heavy atom. The van der Waals surface area contributed by atoms with E-state index >= 15 is 0 Å². The van der Waals surface area contributed by atoms with Crippen LogP contribution in [0.5, 0.6) is 0 Å². The van der Waals surface area contributed by atoms with E-state index in [1.807, 2.05) is 22.8 Å². The largest absolute Gasteiger partial charge is 0.347 e. The molecule has 2 bridgehead atoms. The van der Waals surface area contributed by atoms with Gasteiger partial charge in [-0.1, -0.05) is 34.1 Å². The van der Waals surface area contributed by atoms with E-state index in [2.05, 4.69) is 44.4 Å². The lowest BCUT2D eigenvalue weighted by Gasteiger charge is -2.42. The summed E-state index contributed by atoms with van der Waals surface area (Å²) in [5, 5.41) is 3.23. The van der Waals surface area contributed by atoms with Crippen LogP contribution in [0.1, 0.15) is 18.0 Å². The molecule has 4 heterocycles. The summed E-state index contributed by atoms with van der Waals surface area (Å²) < 4.78 is 3.06. The van der Waals surface area contributed by atoms with Crippen LogP contribution in [0.2, 0.25) is 0 Å². The van der Waals surface area contributed by atoms with E-state index in [0.29, 0.717) is 11.8 Å². The molecule has 26 heavy (non-hydrogen) atoms. The number of anilines is 1. The highest BCUT2D eigenvalue weighted by atomic mass is 79.9. The fourth-order valence-corrected chi connectivity index (χ4v) is 5.33. The van der Waals surface area contributed by atoms with Crippen LogP contribution < -0.4 is 10.5 Å².